The van der Waals surface area contributed by atoms with E-state index in [1.807, 2.05) is 0 Å². The Hall–Kier alpha value is -2.80. The molecule has 0 saturated carbocycles. The molecule has 0 saturated heterocycles. The van der Waals surface area contributed by atoms with Crippen molar-refractivity contribution in [1.82, 2.24) is 15.0 Å². The van der Waals surface area contributed by atoms with E-state index in [1.54, 1.807) is 31.2 Å². The van der Waals surface area contributed by atoms with Crippen LogP contribution in [0.5, 0.6) is 0 Å². The van der Waals surface area contributed by atoms with Crippen molar-refractivity contribution < 1.29 is 19.4 Å². The molecule has 0 aliphatic carbocycles. The van der Waals surface area contributed by atoms with E-state index < -0.39 is 11.6 Å². The number of aliphatic carboxylic acids is 1. The molecular formula is C15H13N3O4. The number of carboxylic acids is 1. The monoisotopic (exact) mass is 299 g/mol. The molecule has 0 aromatic carbocycles. The Balaban J connectivity index is 2.03. The molecule has 0 spiro atoms. The summed E-state index contributed by atoms with van der Waals surface area (Å²) in [6, 6.07) is 6.41. The van der Waals surface area contributed by atoms with Gasteiger partial charge in [0.1, 0.15) is 17.6 Å². The van der Waals surface area contributed by atoms with Crippen molar-refractivity contribution in [3.63, 3.8) is 0 Å². The molecule has 1 unspecified atom stereocenters. The molecule has 7 nitrogen and oxygen atoms in total. The lowest BCUT2D eigenvalue weighted by atomic mass is 9.99. The topological polar surface area (TPSA) is 109 Å². The van der Waals surface area contributed by atoms with Crippen molar-refractivity contribution in [2.45, 2.75) is 18.9 Å². The van der Waals surface area contributed by atoms with Gasteiger partial charge in [-0.15, -0.1) is 0 Å². The van der Waals surface area contributed by atoms with Gasteiger partial charge in [-0.25, -0.2) is 15.0 Å². The SMILES string of the molecule is CC(O)(c1ccncn1)c1cc2nc(CC(=O)O)ccc2o1. The molecule has 0 radical (unpaired) electrons. The summed E-state index contributed by atoms with van der Waals surface area (Å²) in [5, 5.41) is 19.5. The molecule has 1 atom stereocenters. The highest BCUT2D eigenvalue weighted by molar-refractivity contribution is 5.76. The third-order valence-corrected chi connectivity index (χ3v) is 3.32. The third kappa shape index (κ3) is 2.53. The highest BCUT2D eigenvalue weighted by Crippen LogP contribution is 2.31. The molecule has 0 aliphatic heterocycles. The maximum absolute atomic E-state index is 10.7. The molecule has 0 bridgehead atoms. The quantitative estimate of drug-likeness (QED) is 0.751. The van der Waals surface area contributed by atoms with Crippen LogP contribution in [-0.2, 0) is 16.8 Å². The predicted octanol–water partition coefficient (Wildman–Crippen LogP) is 1.50. The zero-order valence-electron chi connectivity index (χ0n) is 11.7. The van der Waals surface area contributed by atoms with Gasteiger partial charge in [0.2, 0.25) is 0 Å². The van der Waals surface area contributed by atoms with Crippen molar-refractivity contribution in [2.75, 3.05) is 0 Å². The highest BCUT2D eigenvalue weighted by Gasteiger charge is 2.31. The fraction of sp³-hybridized carbons (Fsp3) is 0.200. The summed E-state index contributed by atoms with van der Waals surface area (Å²) >= 11 is 0. The Morgan fingerprint density at radius 3 is 2.86 bits per heavy atom. The fourth-order valence-corrected chi connectivity index (χ4v) is 2.16. The fourth-order valence-electron chi connectivity index (χ4n) is 2.16. The smallest absolute Gasteiger partial charge is 0.309 e. The summed E-state index contributed by atoms with van der Waals surface area (Å²) in [6.45, 7) is 1.56. The summed E-state index contributed by atoms with van der Waals surface area (Å²) < 4.78 is 5.63. The Kier molecular flexibility index (Phi) is 3.34. The molecule has 3 aromatic heterocycles. The van der Waals surface area contributed by atoms with Crippen molar-refractivity contribution in [2.24, 2.45) is 0 Å². The molecule has 0 fully saturated rings. The largest absolute Gasteiger partial charge is 0.481 e. The van der Waals surface area contributed by atoms with Crippen LogP contribution in [0.3, 0.4) is 0 Å². The zero-order valence-corrected chi connectivity index (χ0v) is 11.7. The number of aromatic nitrogens is 3. The van der Waals surface area contributed by atoms with E-state index in [-0.39, 0.29) is 12.2 Å². The number of fused-ring (bicyclic) bond motifs is 1. The first-order chi connectivity index (χ1) is 10.5. The first-order valence-electron chi connectivity index (χ1n) is 6.57. The number of carboxylic acid groups (broad SMARTS) is 1. The van der Waals surface area contributed by atoms with E-state index in [4.69, 9.17) is 9.52 Å². The normalized spacial score (nSPS) is 13.9. The van der Waals surface area contributed by atoms with Crippen LogP contribution in [0.25, 0.3) is 11.1 Å². The van der Waals surface area contributed by atoms with Crippen LogP contribution < -0.4 is 0 Å². The van der Waals surface area contributed by atoms with Gasteiger partial charge >= 0.3 is 5.97 Å². The van der Waals surface area contributed by atoms with Crippen LogP contribution in [0, 0.1) is 0 Å². The second-order valence-corrected chi connectivity index (χ2v) is 5.03. The first-order valence-corrected chi connectivity index (χ1v) is 6.57. The average Bonchev–Trinajstić information content (AvgIpc) is 2.91. The van der Waals surface area contributed by atoms with Gasteiger partial charge in [0.05, 0.1) is 17.8 Å². The van der Waals surface area contributed by atoms with Crippen LogP contribution >= 0.6 is 0 Å². The van der Waals surface area contributed by atoms with Gasteiger partial charge < -0.3 is 14.6 Å². The van der Waals surface area contributed by atoms with Gasteiger partial charge in [-0.2, -0.15) is 0 Å². The number of nitrogens with zero attached hydrogens (tertiary/aromatic N) is 3. The number of carbonyl (C=O) groups is 1. The number of furan rings is 1. The molecule has 2 N–H and O–H groups in total. The minimum Gasteiger partial charge on any atom is -0.481 e. The summed E-state index contributed by atoms with van der Waals surface area (Å²) in [7, 11) is 0. The maximum atomic E-state index is 10.7. The second kappa shape index (κ2) is 5.19. The number of rotatable bonds is 4. The molecule has 3 rings (SSSR count). The maximum Gasteiger partial charge on any atom is 0.309 e. The van der Waals surface area contributed by atoms with Crippen molar-refractivity contribution in [3.8, 4) is 0 Å². The van der Waals surface area contributed by atoms with E-state index in [0.29, 0.717) is 22.5 Å². The predicted molar refractivity (Wildman–Crippen MR) is 76.1 cm³/mol. The number of pyridine rings is 1. The third-order valence-electron chi connectivity index (χ3n) is 3.32. The van der Waals surface area contributed by atoms with Crippen molar-refractivity contribution in [1.29, 1.82) is 0 Å². The number of aliphatic hydroxyl groups is 1. The minimum atomic E-state index is -1.43. The summed E-state index contributed by atoms with van der Waals surface area (Å²) in [5.74, 6) is -0.676. The first kappa shape index (κ1) is 14.2. The Bertz CT molecular complexity index is 827. The lowest BCUT2D eigenvalue weighted by molar-refractivity contribution is -0.136. The Morgan fingerprint density at radius 2 is 2.18 bits per heavy atom. The summed E-state index contributed by atoms with van der Waals surface area (Å²) in [5.41, 5.74) is 0.347. The summed E-state index contributed by atoms with van der Waals surface area (Å²) in [4.78, 5) is 22.8. The molecule has 7 heteroatoms. The Morgan fingerprint density at radius 1 is 1.36 bits per heavy atom. The van der Waals surface area contributed by atoms with Gasteiger partial charge in [0.15, 0.2) is 11.2 Å². The van der Waals surface area contributed by atoms with E-state index in [0.717, 1.165) is 0 Å². The van der Waals surface area contributed by atoms with Crippen LogP contribution in [0.15, 0.2) is 41.2 Å². The van der Waals surface area contributed by atoms with Gasteiger partial charge in [-0.1, -0.05) is 0 Å². The zero-order chi connectivity index (χ0) is 15.7. The van der Waals surface area contributed by atoms with Gasteiger partial charge in [0.25, 0.3) is 0 Å². The number of hydrogen-bond donors (Lipinski definition) is 2. The van der Waals surface area contributed by atoms with Gasteiger partial charge in [-0.3, -0.25) is 4.79 Å². The van der Waals surface area contributed by atoms with E-state index in [9.17, 15) is 9.90 Å². The summed E-state index contributed by atoms with van der Waals surface area (Å²) in [6.07, 6.45) is 2.71. The van der Waals surface area contributed by atoms with Crippen LogP contribution in [-0.4, -0.2) is 31.1 Å². The molecule has 0 amide bonds. The molecule has 112 valence electrons. The standard InChI is InChI=1S/C15H13N3O4/c1-15(21,12-4-5-16-8-17-12)13-7-10-11(22-13)3-2-9(18-10)6-14(19)20/h2-5,7-8,21H,6H2,1H3,(H,19,20). The van der Waals surface area contributed by atoms with Gasteiger partial charge in [-0.05, 0) is 25.1 Å². The van der Waals surface area contributed by atoms with E-state index >= 15 is 0 Å². The lowest BCUT2D eigenvalue weighted by Gasteiger charge is -2.19. The molecule has 3 aromatic rings. The van der Waals surface area contributed by atoms with Gasteiger partial charge in [0, 0.05) is 12.3 Å². The highest BCUT2D eigenvalue weighted by atomic mass is 16.4. The van der Waals surface area contributed by atoms with E-state index in [2.05, 4.69) is 15.0 Å². The second-order valence-electron chi connectivity index (χ2n) is 5.03. The van der Waals surface area contributed by atoms with Crippen molar-refractivity contribution in [3.05, 3.63) is 53.9 Å². The molecule has 22 heavy (non-hydrogen) atoms. The van der Waals surface area contributed by atoms with Crippen molar-refractivity contribution >= 4 is 17.1 Å². The van der Waals surface area contributed by atoms with Crippen LogP contribution in [0.4, 0.5) is 0 Å². The van der Waals surface area contributed by atoms with Crippen LogP contribution in [0.2, 0.25) is 0 Å². The minimum absolute atomic E-state index is 0.168. The molecule has 0 aliphatic rings. The van der Waals surface area contributed by atoms with Crippen LogP contribution in [0.1, 0.15) is 24.1 Å². The lowest BCUT2D eigenvalue weighted by Crippen LogP contribution is -2.23. The van der Waals surface area contributed by atoms with E-state index in [1.165, 1.54) is 12.5 Å². The molecular weight excluding hydrogens is 286 g/mol. The average molecular weight is 299 g/mol. The molecule has 3 heterocycles. The Labute approximate surface area is 125 Å². The number of hydrogen-bond acceptors (Lipinski definition) is 6.